The molecule has 0 aliphatic carbocycles. The number of hydrogen-bond donors (Lipinski definition) is 0. The third kappa shape index (κ3) is 3.01. The molecule has 0 unspecified atom stereocenters. The van der Waals surface area contributed by atoms with Crippen molar-refractivity contribution in [3.05, 3.63) is 77.6 Å². The number of carbonyl (C=O) groups excluding carboxylic acids is 1. The predicted octanol–water partition coefficient (Wildman–Crippen LogP) is 5.51. The van der Waals surface area contributed by atoms with Gasteiger partial charge in [-0.25, -0.2) is 0 Å². The van der Waals surface area contributed by atoms with Crippen molar-refractivity contribution >= 4 is 28.9 Å². The van der Waals surface area contributed by atoms with Gasteiger partial charge >= 0.3 is 0 Å². The Morgan fingerprint density at radius 2 is 1.88 bits per heavy atom. The Balaban J connectivity index is 1.68. The second-order valence-corrected chi connectivity index (χ2v) is 6.65. The molecule has 4 rings (SSSR count). The first-order valence-electron chi connectivity index (χ1n) is 8.24. The van der Waals surface area contributed by atoms with Crippen molar-refractivity contribution in [1.29, 1.82) is 0 Å². The van der Waals surface area contributed by atoms with Crippen molar-refractivity contribution < 1.29 is 13.9 Å². The van der Waals surface area contributed by atoms with Gasteiger partial charge in [-0.15, -0.1) is 0 Å². The van der Waals surface area contributed by atoms with Crippen LogP contribution in [0.3, 0.4) is 0 Å². The first kappa shape index (κ1) is 15.5. The number of ether oxygens (including phenoxy) is 1. The minimum atomic E-state index is -0.343. The van der Waals surface area contributed by atoms with Gasteiger partial charge in [0.15, 0.2) is 5.76 Å². The summed E-state index contributed by atoms with van der Waals surface area (Å²) in [6.45, 7) is 4.00. The summed E-state index contributed by atoms with van der Waals surface area (Å²) in [4.78, 5) is 12.4. The van der Waals surface area contributed by atoms with E-state index in [1.165, 1.54) is 6.08 Å². The minimum absolute atomic E-state index is 0.158. The van der Waals surface area contributed by atoms with Gasteiger partial charge in [-0.1, -0.05) is 36.4 Å². The second-order valence-electron chi connectivity index (χ2n) is 6.65. The summed E-state index contributed by atoms with van der Waals surface area (Å²) in [6, 6.07) is 15.3. The predicted molar refractivity (Wildman–Crippen MR) is 99.8 cm³/mol. The molecule has 0 fully saturated rings. The van der Waals surface area contributed by atoms with E-state index in [4.69, 9.17) is 9.15 Å². The highest BCUT2D eigenvalue weighted by atomic mass is 16.5. The van der Waals surface area contributed by atoms with Crippen molar-refractivity contribution in [2.45, 2.75) is 19.4 Å². The Bertz CT molecular complexity index is 1000. The Kier molecular flexibility index (Phi) is 3.57. The molecule has 25 heavy (non-hydrogen) atoms. The van der Waals surface area contributed by atoms with Gasteiger partial charge in [-0.3, -0.25) is 4.79 Å². The molecule has 3 heteroatoms. The van der Waals surface area contributed by atoms with Crippen LogP contribution in [0, 0.1) is 0 Å². The lowest BCUT2D eigenvalue weighted by Gasteiger charge is -2.27. The van der Waals surface area contributed by atoms with Gasteiger partial charge in [-0.05, 0) is 55.8 Å². The maximum absolute atomic E-state index is 12.4. The molecule has 124 valence electrons. The van der Waals surface area contributed by atoms with E-state index < -0.39 is 0 Å². The molecule has 0 saturated heterocycles. The number of hydrogen-bond acceptors (Lipinski definition) is 3. The van der Waals surface area contributed by atoms with Gasteiger partial charge in [-0.2, -0.15) is 0 Å². The van der Waals surface area contributed by atoms with Crippen molar-refractivity contribution in [1.82, 2.24) is 0 Å². The Morgan fingerprint density at radius 1 is 1.08 bits per heavy atom. The van der Waals surface area contributed by atoms with Crippen LogP contribution in [0.25, 0.3) is 23.1 Å². The summed E-state index contributed by atoms with van der Waals surface area (Å²) in [7, 11) is 0. The van der Waals surface area contributed by atoms with E-state index in [9.17, 15) is 4.79 Å². The van der Waals surface area contributed by atoms with E-state index in [0.717, 1.165) is 22.3 Å². The number of carbonyl (C=O) groups is 1. The quantitative estimate of drug-likeness (QED) is 0.469. The van der Waals surface area contributed by atoms with Crippen LogP contribution in [0.4, 0.5) is 0 Å². The molecule has 0 atom stereocenters. The fourth-order valence-electron chi connectivity index (χ4n) is 2.89. The van der Waals surface area contributed by atoms with E-state index in [1.54, 1.807) is 12.1 Å². The minimum Gasteiger partial charge on any atom is -0.483 e. The molecule has 1 aliphatic rings. The van der Waals surface area contributed by atoms with E-state index in [1.807, 2.05) is 68.5 Å². The second kappa shape index (κ2) is 5.78. The third-order valence-corrected chi connectivity index (χ3v) is 4.18. The molecule has 1 aliphatic heterocycles. The molecule has 0 spiro atoms. The molecule has 0 saturated carbocycles. The molecule has 0 radical (unpaired) electrons. The summed E-state index contributed by atoms with van der Waals surface area (Å²) < 4.78 is 11.8. The molecule has 3 nitrogen and oxygen atoms in total. The van der Waals surface area contributed by atoms with Crippen LogP contribution in [0.1, 0.15) is 35.5 Å². The van der Waals surface area contributed by atoms with Crippen molar-refractivity contribution in [3.8, 4) is 5.75 Å². The van der Waals surface area contributed by atoms with Crippen molar-refractivity contribution in [2.24, 2.45) is 0 Å². The number of fused-ring (bicyclic) bond motifs is 3. The smallest absolute Gasteiger partial charge is 0.221 e. The lowest BCUT2D eigenvalue weighted by atomic mass is 10.0. The van der Waals surface area contributed by atoms with E-state index in [0.29, 0.717) is 11.3 Å². The molecule has 3 aromatic rings. The number of furan rings is 1. The van der Waals surface area contributed by atoms with Crippen molar-refractivity contribution in [2.75, 3.05) is 0 Å². The number of rotatable bonds is 3. The zero-order valence-electron chi connectivity index (χ0n) is 14.2. The Labute approximate surface area is 146 Å². The lowest BCUT2D eigenvalue weighted by Crippen LogP contribution is -2.27. The normalized spacial score (nSPS) is 15.3. The van der Waals surface area contributed by atoms with Gasteiger partial charge in [0.2, 0.25) is 5.78 Å². The molecular formula is C22H18O3. The van der Waals surface area contributed by atoms with Gasteiger partial charge in [0.1, 0.15) is 16.9 Å². The number of benzene rings is 2. The van der Waals surface area contributed by atoms with Crippen LogP contribution in [0.15, 0.2) is 65.1 Å². The standard InChI is InChI=1S/C22H18O3/c1-22(2)13-12-17-19(25-22)11-9-16-14-20(24-21(16)17)18(23)10-8-15-6-4-3-5-7-15/h3-14H,1-2H3/b10-8+. The zero-order chi connectivity index (χ0) is 17.4. The Morgan fingerprint density at radius 3 is 2.68 bits per heavy atom. The van der Waals surface area contributed by atoms with E-state index >= 15 is 0 Å². The van der Waals surface area contributed by atoms with Gasteiger partial charge in [0, 0.05) is 5.39 Å². The monoisotopic (exact) mass is 330 g/mol. The van der Waals surface area contributed by atoms with Crippen molar-refractivity contribution in [3.63, 3.8) is 0 Å². The summed E-state index contributed by atoms with van der Waals surface area (Å²) in [6.07, 6.45) is 7.32. The van der Waals surface area contributed by atoms with Gasteiger partial charge in [0.05, 0.1) is 5.56 Å². The average molecular weight is 330 g/mol. The van der Waals surface area contributed by atoms with Gasteiger partial charge in [0.25, 0.3) is 0 Å². The first-order chi connectivity index (χ1) is 12.0. The van der Waals surface area contributed by atoms with Crippen LogP contribution >= 0.6 is 0 Å². The van der Waals surface area contributed by atoms with Crippen LogP contribution < -0.4 is 4.74 Å². The maximum Gasteiger partial charge on any atom is 0.221 e. The van der Waals surface area contributed by atoms with Crippen LogP contribution in [0.2, 0.25) is 0 Å². The number of ketones is 1. The van der Waals surface area contributed by atoms with Crippen LogP contribution in [-0.2, 0) is 0 Å². The highest BCUT2D eigenvalue weighted by molar-refractivity contribution is 6.07. The SMILES string of the molecule is CC1(C)C=Cc2c(ccc3cc(C(=O)/C=C/c4ccccc4)oc23)O1. The molecule has 0 N–H and O–H groups in total. The summed E-state index contributed by atoms with van der Waals surface area (Å²) in [5.74, 6) is 0.942. The van der Waals surface area contributed by atoms with E-state index in [-0.39, 0.29) is 11.4 Å². The fourth-order valence-corrected chi connectivity index (χ4v) is 2.89. The summed E-state index contributed by atoms with van der Waals surface area (Å²) in [5.41, 5.74) is 2.19. The number of allylic oxidation sites excluding steroid dienone is 1. The highest BCUT2D eigenvalue weighted by Crippen LogP contribution is 2.37. The molecule has 2 aromatic carbocycles. The molecule has 1 aromatic heterocycles. The Hall–Kier alpha value is -3.07. The van der Waals surface area contributed by atoms with Crippen LogP contribution in [-0.4, -0.2) is 11.4 Å². The third-order valence-electron chi connectivity index (χ3n) is 4.18. The maximum atomic E-state index is 12.4. The molecule has 0 amide bonds. The summed E-state index contributed by atoms with van der Waals surface area (Å²) >= 11 is 0. The lowest BCUT2D eigenvalue weighted by molar-refractivity contribution is 0.102. The topological polar surface area (TPSA) is 39.4 Å². The molecule has 0 bridgehead atoms. The molecular weight excluding hydrogens is 312 g/mol. The molecule has 2 heterocycles. The largest absolute Gasteiger partial charge is 0.483 e. The average Bonchev–Trinajstić information content (AvgIpc) is 3.04. The fraction of sp³-hybridized carbons (Fsp3) is 0.136. The highest BCUT2D eigenvalue weighted by Gasteiger charge is 2.24. The first-order valence-corrected chi connectivity index (χ1v) is 8.24. The van der Waals surface area contributed by atoms with Gasteiger partial charge < -0.3 is 9.15 Å². The van der Waals surface area contributed by atoms with E-state index in [2.05, 4.69) is 0 Å². The van der Waals surface area contributed by atoms with Crippen LogP contribution in [0.5, 0.6) is 5.75 Å². The summed E-state index contributed by atoms with van der Waals surface area (Å²) in [5, 5.41) is 0.892. The zero-order valence-corrected chi connectivity index (χ0v) is 14.2.